The highest BCUT2D eigenvalue weighted by Crippen LogP contribution is 2.51. The predicted molar refractivity (Wildman–Crippen MR) is 466 cm³/mol. The Morgan fingerprint density at radius 2 is 0.482 bits per heavy atom. The molecular weight excluding hydrogens is 1400 g/mol. The molecule has 524 valence electrons. The number of aromatic nitrogens is 9. The van der Waals surface area contributed by atoms with Crippen LogP contribution in [-0.4, -0.2) is 44.0 Å². The number of pyridine rings is 2. The van der Waals surface area contributed by atoms with Gasteiger partial charge in [0.15, 0.2) is 23.3 Å². The first kappa shape index (κ1) is 65.8. The second-order valence-corrected chi connectivity index (χ2v) is 29.9. The first-order valence-corrected chi connectivity index (χ1v) is 39.1. The summed E-state index contributed by atoms with van der Waals surface area (Å²) >= 11 is 3.74. The lowest BCUT2D eigenvalue weighted by molar-refractivity contribution is 1.07. The Morgan fingerprint density at radius 1 is 0.196 bits per heavy atom. The quantitative estimate of drug-likeness (QED) is 0.120. The van der Waals surface area contributed by atoms with Gasteiger partial charge in [0.25, 0.3) is 0 Å². The van der Waals surface area contributed by atoms with Crippen molar-refractivity contribution in [3.8, 4) is 124 Å². The minimum absolute atomic E-state index is 0.637. The van der Waals surface area contributed by atoms with Gasteiger partial charge in [-0.1, -0.05) is 315 Å². The normalized spacial score (nSPS) is 11.6. The number of benzene rings is 14. The SMILES string of the molecule is c1ccc(-c2cc(-c3ccc(-c4ccc5nc(-c6ccccc6)c6c(sc7c8ccccc8n(-c8ccccc8)c76)c5c4)cc3)nc(-c3ccccc3)n2)cc1.c1ccc(-c2nc(-c3ccccc3)nc(-c3ccc(-c4ccc5nc(-c6ccccc6)c6c(sc7c8ccccc8n(-c8ccccc8)c76)c5c4)cc3)n2)cc1. The molecule has 112 heavy (non-hydrogen) atoms. The molecule has 0 radical (unpaired) electrons. The molecule has 0 N–H and O–H groups in total. The zero-order valence-electron chi connectivity index (χ0n) is 60.2. The van der Waals surface area contributed by atoms with Crippen LogP contribution in [0.2, 0.25) is 0 Å². The van der Waals surface area contributed by atoms with Crippen molar-refractivity contribution in [1.29, 1.82) is 0 Å². The summed E-state index contributed by atoms with van der Waals surface area (Å²) in [6.07, 6.45) is 0. The van der Waals surface area contributed by atoms with Crippen LogP contribution in [-0.2, 0) is 0 Å². The van der Waals surface area contributed by atoms with Gasteiger partial charge in [0.05, 0.1) is 65.3 Å². The third kappa shape index (κ3) is 11.7. The Kier molecular flexibility index (Phi) is 16.4. The van der Waals surface area contributed by atoms with E-state index in [9.17, 15) is 0 Å². The van der Waals surface area contributed by atoms with Crippen LogP contribution in [0.5, 0.6) is 0 Å². The van der Waals surface area contributed by atoms with Gasteiger partial charge in [-0.25, -0.2) is 34.9 Å². The number of thiophene rings is 2. The van der Waals surface area contributed by atoms with Crippen molar-refractivity contribution in [3.05, 3.63) is 382 Å². The van der Waals surface area contributed by atoms with E-state index in [2.05, 4.69) is 294 Å². The van der Waals surface area contributed by atoms with E-state index in [-0.39, 0.29) is 0 Å². The standard InChI is InChI=1S/C51H32N4S.C50H31N5S/c1-5-15-34(16-6-1)43-32-44(54-51(53-43)37-19-9-3-10-20-37)35-27-25-33(26-28-35)38-29-30-42-41(31-38)49-46(47(52-42)36-17-7-2-8-18-36)48-50(56-49)40-23-13-14-24-45(40)55(48)39-21-11-4-12-22-39;1-5-15-33(16-6-1)44-43-45-47(39-23-13-14-24-42(39)55(45)38-21-11-4-12-22-38)56-46(43)40-31-37(29-30-41(40)51-44)32-25-27-36(28-26-32)50-53-48(34-17-7-2-8-18-34)52-49(54-50)35-19-9-3-10-20-35/h1-32H;1-31H. The van der Waals surface area contributed by atoms with E-state index >= 15 is 0 Å². The molecule has 0 saturated carbocycles. The van der Waals surface area contributed by atoms with Gasteiger partial charge in [0.1, 0.15) is 0 Å². The van der Waals surface area contributed by atoms with Crippen molar-refractivity contribution >= 4 is 107 Å². The summed E-state index contributed by atoms with van der Waals surface area (Å²) in [6.45, 7) is 0. The zero-order chi connectivity index (χ0) is 74.0. The Labute approximate surface area is 652 Å². The van der Waals surface area contributed by atoms with Gasteiger partial charge >= 0.3 is 0 Å². The van der Waals surface area contributed by atoms with Crippen LogP contribution < -0.4 is 0 Å². The van der Waals surface area contributed by atoms with Crippen LogP contribution >= 0.6 is 22.7 Å². The molecule has 0 aliphatic heterocycles. The van der Waals surface area contributed by atoms with E-state index < -0.39 is 0 Å². The molecular formula is C101H63N9S2. The maximum atomic E-state index is 5.44. The molecule has 0 atom stereocenters. The molecule has 0 aliphatic rings. The van der Waals surface area contributed by atoms with Crippen molar-refractivity contribution in [2.75, 3.05) is 0 Å². The average Bonchev–Trinajstić information content (AvgIpc) is 1.55. The zero-order valence-corrected chi connectivity index (χ0v) is 61.8. The molecule has 0 unspecified atom stereocenters. The summed E-state index contributed by atoms with van der Waals surface area (Å²) in [4.78, 5) is 35.7. The van der Waals surface area contributed by atoms with E-state index in [0.717, 1.165) is 123 Å². The second-order valence-electron chi connectivity index (χ2n) is 27.8. The van der Waals surface area contributed by atoms with Crippen molar-refractivity contribution < 1.29 is 0 Å². The molecule has 0 bridgehead atoms. The summed E-state index contributed by atoms with van der Waals surface area (Å²) < 4.78 is 9.86. The Balaban J connectivity index is 0.000000141. The molecule has 0 fully saturated rings. The summed E-state index contributed by atoms with van der Waals surface area (Å²) in [5, 5.41) is 7.15. The fraction of sp³-hybridized carbons (Fsp3) is 0. The average molecular weight is 1470 g/mol. The lowest BCUT2D eigenvalue weighted by Crippen LogP contribution is -2.00. The van der Waals surface area contributed by atoms with Crippen molar-refractivity contribution in [2.45, 2.75) is 0 Å². The summed E-state index contributed by atoms with van der Waals surface area (Å²) in [5.74, 6) is 2.65. The molecule has 0 aliphatic carbocycles. The first-order chi connectivity index (χ1) is 55.5. The van der Waals surface area contributed by atoms with E-state index in [4.69, 9.17) is 34.9 Å². The molecule has 9 nitrogen and oxygen atoms in total. The van der Waals surface area contributed by atoms with Crippen LogP contribution in [0.4, 0.5) is 0 Å². The van der Waals surface area contributed by atoms with E-state index in [1.807, 2.05) is 120 Å². The molecule has 0 saturated heterocycles. The van der Waals surface area contributed by atoms with Gasteiger partial charge in [-0.3, -0.25) is 0 Å². The fourth-order valence-electron chi connectivity index (χ4n) is 15.7. The highest BCUT2D eigenvalue weighted by atomic mass is 32.1. The van der Waals surface area contributed by atoms with Crippen LogP contribution in [0.25, 0.3) is 208 Å². The van der Waals surface area contributed by atoms with Crippen LogP contribution in [0.15, 0.2) is 382 Å². The van der Waals surface area contributed by atoms with Gasteiger partial charge in [0, 0.05) is 97.6 Å². The molecule has 0 amide bonds. The molecule has 22 rings (SSSR count). The number of nitrogens with zero attached hydrogens (tertiary/aromatic N) is 9. The smallest absolute Gasteiger partial charge is 0.164 e. The van der Waals surface area contributed by atoms with E-state index in [1.165, 1.54) is 62.4 Å². The molecule has 0 spiro atoms. The van der Waals surface area contributed by atoms with Crippen molar-refractivity contribution in [1.82, 2.24) is 44.0 Å². The number of hydrogen-bond donors (Lipinski definition) is 0. The summed E-state index contributed by atoms with van der Waals surface area (Å²) in [5.41, 5.74) is 25.5. The van der Waals surface area contributed by atoms with E-state index in [1.54, 1.807) is 0 Å². The predicted octanol–water partition coefficient (Wildman–Crippen LogP) is 26.7. The fourth-order valence-corrected chi connectivity index (χ4v) is 18.4. The van der Waals surface area contributed by atoms with Gasteiger partial charge in [-0.2, -0.15) is 0 Å². The monoisotopic (exact) mass is 1470 g/mol. The maximum absolute atomic E-state index is 5.44. The number of para-hydroxylation sites is 4. The second kappa shape index (κ2) is 27.9. The van der Waals surface area contributed by atoms with Crippen molar-refractivity contribution in [3.63, 3.8) is 0 Å². The number of fused-ring (bicyclic) bond motifs is 14. The van der Waals surface area contributed by atoms with Crippen LogP contribution in [0.1, 0.15) is 0 Å². The molecule has 8 aromatic heterocycles. The Bertz CT molecular complexity index is 6740. The largest absolute Gasteiger partial charge is 0.308 e. The highest BCUT2D eigenvalue weighted by Gasteiger charge is 2.27. The van der Waals surface area contributed by atoms with Crippen LogP contribution in [0.3, 0.4) is 0 Å². The van der Waals surface area contributed by atoms with E-state index in [0.29, 0.717) is 23.3 Å². The topological polar surface area (TPSA) is 100 Å². The van der Waals surface area contributed by atoms with Crippen molar-refractivity contribution in [2.24, 2.45) is 0 Å². The summed E-state index contributed by atoms with van der Waals surface area (Å²) in [7, 11) is 0. The third-order valence-electron chi connectivity index (χ3n) is 21.1. The number of hydrogen-bond acceptors (Lipinski definition) is 9. The third-order valence-corrected chi connectivity index (χ3v) is 23.5. The van der Waals surface area contributed by atoms with Crippen LogP contribution in [0, 0.1) is 0 Å². The Morgan fingerprint density at radius 3 is 0.866 bits per heavy atom. The Hall–Kier alpha value is -14.5. The van der Waals surface area contributed by atoms with Gasteiger partial charge in [-0.05, 0) is 89.0 Å². The molecule has 8 heterocycles. The highest BCUT2D eigenvalue weighted by molar-refractivity contribution is 7.28. The molecule has 14 aromatic carbocycles. The minimum Gasteiger partial charge on any atom is -0.308 e. The lowest BCUT2D eigenvalue weighted by Gasteiger charge is -2.12. The first-order valence-electron chi connectivity index (χ1n) is 37.4. The molecule has 11 heteroatoms. The maximum Gasteiger partial charge on any atom is 0.164 e. The number of rotatable bonds is 12. The van der Waals surface area contributed by atoms with Gasteiger partial charge in [-0.15, -0.1) is 22.7 Å². The lowest BCUT2D eigenvalue weighted by atomic mass is 9.99. The van der Waals surface area contributed by atoms with Gasteiger partial charge < -0.3 is 9.13 Å². The van der Waals surface area contributed by atoms with Gasteiger partial charge in [0.2, 0.25) is 0 Å². The summed E-state index contributed by atoms with van der Waals surface area (Å²) in [6, 6.07) is 133. The molecule has 22 aromatic rings. The minimum atomic E-state index is 0.637.